The van der Waals surface area contributed by atoms with Crippen LogP contribution in [0.1, 0.15) is 5.56 Å². The Kier molecular flexibility index (Phi) is 5.04. The van der Waals surface area contributed by atoms with Crippen LogP contribution in [0.5, 0.6) is 0 Å². The van der Waals surface area contributed by atoms with Crippen molar-refractivity contribution in [2.45, 2.75) is 13.5 Å². The van der Waals surface area contributed by atoms with Crippen LogP contribution >= 0.6 is 15.9 Å². The third-order valence-electron chi connectivity index (χ3n) is 3.58. The van der Waals surface area contributed by atoms with Gasteiger partial charge >= 0.3 is 0 Å². The molecule has 6 nitrogen and oxygen atoms in total. The third kappa shape index (κ3) is 4.19. The van der Waals surface area contributed by atoms with Gasteiger partial charge in [0.1, 0.15) is 6.54 Å². The average molecular weight is 399 g/mol. The monoisotopic (exact) mass is 398 g/mol. The molecule has 0 unspecified atom stereocenters. The van der Waals surface area contributed by atoms with Gasteiger partial charge in [0.25, 0.3) is 5.56 Å². The molecular formula is C18H15BrN4O2. The number of halogens is 1. The van der Waals surface area contributed by atoms with Crippen LogP contribution in [-0.2, 0) is 11.3 Å². The molecule has 1 amide bonds. The summed E-state index contributed by atoms with van der Waals surface area (Å²) in [6.07, 6.45) is 3.32. The van der Waals surface area contributed by atoms with Crippen molar-refractivity contribution in [2.24, 2.45) is 0 Å². The van der Waals surface area contributed by atoms with Crippen LogP contribution in [0.25, 0.3) is 11.3 Å². The lowest BCUT2D eigenvalue weighted by atomic mass is 10.2. The fourth-order valence-electron chi connectivity index (χ4n) is 2.32. The summed E-state index contributed by atoms with van der Waals surface area (Å²) in [5.74, 6) is -0.316. The third-order valence-corrected chi connectivity index (χ3v) is 4.07. The first-order valence-corrected chi connectivity index (χ1v) is 8.37. The van der Waals surface area contributed by atoms with Crippen LogP contribution in [0.3, 0.4) is 0 Å². The van der Waals surface area contributed by atoms with Gasteiger partial charge in [-0.25, -0.2) is 4.68 Å². The van der Waals surface area contributed by atoms with Gasteiger partial charge in [0.15, 0.2) is 0 Å². The van der Waals surface area contributed by atoms with Crippen LogP contribution in [0.15, 0.2) is 64.1 Å². The maximum absolute atomic E-state index is 12.3. The van der Waals surface area contributed by atoms with Gasteiger partial charge in [-0.15, -0.1) is 0 Å². The minimum Gasteiger partial charge on any atom is -0.324 e. The Morgan fingerprint density at radius 2 is 2.08 bits per heavy atom. The summed E-state index contributed by atoms with van der Waals surface area (Å²) in [6.45, 7) is 1.73. The second-order valence-corrected chi connectivity index (χ2v) is 6.38. The van der Waals surface area contributed by atoms with Crippen LogP contribution in [0.2, 0.25) is 0 Å². The normalized spacial score (nSPS) is 10.5. The van der Waals surface area contributed by atoms with Crippen molar-refractivity contribution >= 4 is 27.5 Å². The van der Waals surface area contributed by atoms with Gasteiger partial charge in [-0.3, -0.25) is 14.6 Å². The van der Waals surface area contributed by atoms with Crippen LogP contribution < -0.4 is 10.9 Å². The second-order valence-electron chi connectivity index (χ2n) is 5.46. The van der Waals surface area contributed by atoms with E-state index in [0.29, 0.717) is 11.4 Å². The van der Waals surface area contributed by atoms with E-state index in [-0.39, 0.29) is 18.0 Å². The lowest BCUT2D eigenvalue weighted by Gasteiger charge is -2.10. The molecule has 1 N–H and O–H groups in total. The highest BCUT2D eigenvalue weighted by Gasteiger charge is 2.10. The molecule has 0 aliphatic heterocycles. The molecule has 0 fully saturated rings. The van der Waals surface area contributed by atoms with Gasteiger partial charge in [-0.2, -0.15) is 5.10 Å². The lowest BCUT2D eigenvalue weighted by molar-refractivity contribution is -0.117. The summed E-state index contributed by atoms with van der Waals surface area (Å²) in [5, 5.41) is 7.06. The minimum absolute atomic E-state index is 0.164. The Morgan fingerprint density at radius 3 is 2.80 bits per heavy atom. The van der Waals surface area contributed by atoms with Crippen LogP contribution in [0, 0.1) is 6.92 Å². The van der Waals surface area contributed by atoms with Gasteiger partial charge < -0.3 is 5.32 Å². The number of aromatic nitrogens is 3. The van der Waals surface area contributed by atoms with Gasteiger partial charge in [-0.05, 0) is 48.9 Å². The minimum atomic E-state index is -0.338. The molecule has 25 heavy (non-hydrogen) atoms. The van der Waals surface area contributed by atoms with Gasteiger partial charge in [0.05, 0.1) is 5.69 Å². The smallest absolute Gasteiger partial charge is 0.267 e. The summed E-state index contributed by atoms with van der Waals surface area (Å²) in [5.41, 5.74) is 2.65. The molecule has 0 bridgehead atoms. The number of nitrogens with one attached hydrogen (secondary N) is 1. The van der Waals surface area contributed by atoms with Crippen molar-refractivity contribution in [1.82, 2.24) is 14.8 Å². The highest BCUT2D eigenvalue weighted by Crippen LogP contribution is 2.20. The summed E-state index contributed by atoms with van der Waals surface area (Å²) >= 11 is 3.38. The van der Waals surface area contributed by atoms with E-state index in [1.807, 2.05) is 25.1 Å². The number of pyridine rings is 1. The molecule has 2 heterocycles. The summed E-state index contributed by atoms with van der Waals surface area (Å²) in [6, 6.07) is 12.2. The zero-order chi connectivity index (χ0) is 17.8. The number of hydrogen-bond acceptors (Lipinski definition) is 4. The second kappa shape index (κ2) is 7.40. The first-order chi connectivity index (χ1) is 12.0. The lowest BCUT2D eigenvalue weighted by Crippen LogP contribution is -2.29. The standard InChI is InChI=1S/C18H15BrN4O2/c1-12-9-14(19)4-5-15(12)21-17(24)11-23-18(25)7-6-16(22-23)13-3-2-8-20-10-13/h2-10H,11H2,1H3,(H,21,24). The van der Waals surface area contributed by atoms with Crippen molar-refractivity contribution in [3.8, 4) is 11.3 Å². The zero-order valence-corrected chi connectivity index (χ0v) is 15.0. The topological polar surface area (TPSA) is 76.9 Å². The Morgan fingerprint density at radius 1 is 1.24 bits per heavy atom. The Hall–Kier alpha value is -2.80. The first-order valence-electron chi connectivity index (χ1n) is 7.57. The molecule has 3 rings (SSSR count). The number of aryl methyl sites for hydroxylation is 1. The Bertz CT molecular complexity index is 970. The van der Waals surface area contributed by atoms with Crippen LogP contribution in [0.4, 0.5) is 5.69 Å². The van der Waals surface area contributed by atoms with E-state index in [9.17, 15) is 9.59 Å². The predicted octanol–water partition coefficient (Wildman–Crippen LogP) is 3.01. The molecule has 0 radical (unpaired) electrons. The van der Waals surface area contributed by atoms with E-state index < -0.39 is 0 Å². The Labute approximate surface area is 152 Å². The van der Waals surface area contributed by atoms with Crippen molar-refractivity contribution in [1.29, 1.82) is 0 Å². The van der Waals surface area contributed by atoms with Gasteiger partial charge in [-0.1, -0.05) is 15.9 Å². The first kappa shape index (κ1) is 17.0. The van der Waals surface area contributed by atoms with E-state index in [0.717, 1.165) is 20.3 Å². The predicted molar refractivity (Wildman–Crippen MR) is 99.2 cm³/mol. The van der Waals surface area contributed by atoms with Gasteiger partial charge in [0.2, 0.25) is 5.91 Å². The highest BCUT2D eigenvalue weighted by atomic mass is 79.9. The summed E-state index contributed by atoms with van der Waals surface area (Å²) in [7, 11) is 0. The number of carbonyl (C=O) groups excluding carboxylic acids is 1. The zero-order valence-electron chi connectivity index (χ0n) is 13.4. The molecule has 2 aromatic heterocycles. The molecule has 1 aromatic carbocycles. The molecule has 0 atom stereocenters. The van der Waals surface area contributed by atoms with E-state index in [1.54, 1.807) is 30.6 Å². The summed E-state index contributed by atoms with van der Waals surface area (Å²) < 4.78 is 2.08. The Balaban J connectivity index is 1.80. The maximum Gasteiger partial charge on any atom is 0.267 e. The largest absolute Gasteiger partial charge is 0.324 e. The van der Waals surface area contributed by atoms with E-state index in [4.69, 9.17) is 0 Å². The molecule has 0 saturated heterocycles. The van der Waals surface area contributed by atoms with E-state index in [1.165, 1.54) is 6.07 Å². The number of rotatable bonds is 4. The quantitative estimate of drug-likeness (QED) is 0.732. The van der Waals surface area contributed by atoms with Crippen molar-refractivity contribution < 1.29 is 4.79 Å². The van der Waals surface area contributed by atoms with Gasteiger partial charge in [0, 0.05) is 34.2 Å². The van der Waals surface area contributed by atoms with E-state index in [2.05, 4.69) is 31.3 Å². The fraction of sp³-hybridized carbons (Fsp3) is 0.111. The number of benzene rings is 1. The number of carbonyl (C=O) groups is 1. The molecule has 0 saturated carbocycles. The molecule has 0 spiro atoms. The highest BCUT2D eigenvalue weighted by molar-refractivity contribution is 9.10. The number of nitrogens with zero attached hydrogens (tertiary/aromatic N) is 3. The molecular weight excluding hydrogens is 384 g/mol. The molecule has 126 valence electrons. The average Bonchev–Trinajstić information content (AvgIpc) is 2.60. The molecule has 0 aliphatic carbocycles. The van der Waals surface area contributed by atoms with Crippen molar-refractivity contribution in [3.63, 3.8) is 0 Å². The van der Waals surface area contributed by atoms with Crippen LogP contribution in [-0.4, -0.2) is 20.7 Å². The summed E-state index contributed by atoms with van der Waals surface area (Å²) in [4.78, 5) is 28.3. The number of anilines is 1. The molecule has 7 heteroatoms. The van der Waals surface area contributed by atoms with Crippen molar-refractivity contribution in [2.75, 3.05) is 5.32 Å². The molecule has 0 aliphatic rings. The SMILES string of the molecule is Cc1cc(Br)ccc1NC(=O)Cn1nc(-c2cccnc2)ccc1=O. The fourth-order valence-corrected chi connectivity index (χ4v) is 2.80. The van der Waals surface area contributed by atoms with E-state index >= 15 is 0 Å². The maximum atomic E-state index is 12.3. The number of hydrogen-bond donors (Lipinski definition) is 1. The molecule has 3 aromatic rings. The number of amides is 1. The van der Waals surface area contributed by atoms with Crippen molar-refractivity contribution in [3.05, 3.63) is 75.2 Å².